The highest BCUT2D eigenvalue weighted by Gasteiger charge is 2.22. The maximum atomic E-state index is 14.4. The van der Waals surface area contributed by atoms with Gasteiger partial charge in [0.15, 0.2) is 0 Å². The Kier molecular flexibility index (Phi) is 5.85. The Hall–Kier alpha value is -3.46. The van der Waals surface area contributed by atoms with E-state index < -0.39 is 18.1 Å². The predicted octanol–water partition coefficient (Wildman–Crippen LogP) is 3.85. The van der Waals surface area contributed by atoms with Crippen LogP contribution in [0.5, 0.6) is 0 Å². The average molecular weight is 427 g/mol. The van der Waals surface area contributed by atoms with Crippen LogP contribution in [0.3, 0.4) is 0 Å². The van der Waals surface area contributed by atoms with E-state index in [9.17, 15) is 18.0 Å². The molecule has 1 aliphatic heterocycles. The van der Waals surface area contributed by atoms with E-state index >= 15 is 0 Å². The standard InChI is InChI=1S/C22H20F3N5O/c1-29-10-17(8-27-29)22-14(7-26-9-19(22)23)3-5-21(31)28-18-4-2-15-11-30(13-20(24)25)12-16(15)6-18/h2-10,20H,11-13H2,1H3,(H,28,31)/b5-3+. The number of halogens is 3. The first kappa shape index (κ1) is 20.8. The number of nitrogens with one attached hydrogen (secondary N) is 1. The molecule has 1 amide bonds. The molecule has 160 valence electrons. The molecule has 3 aromatic rings. The summed E-state index contributed by atoms with van der Waals surface area (Å²) in [6, 6.07) is 5.36. The fraction of sp³-hybridized carbons (Fsp3) is 0.227. The maximum absolute atomic E-state index is 14.4. The molecule has 1 N–H and O–H groups in total. The van der Waals surface area contributed by atoms with E-state index in [2.05, 4.69) is 15.4 Å². The zero-order chi connectivity index (χ0) is 22.0. The number of amides is 1. The lowest BCUT2D eigenvalue weighted by Crippen LogP contribution is -2.22. The Balaban J connectivity index is 1.47. The second-order valence-corrected chi connectivity index (χ2v) is 7.36. The Bertz CT molecular complexity index is 1140. The third-order valence-electron chi connectivity index (χ3n) is 4.99. The summed E-state index contributed by atoms with van der Waals surface area (Å²) >= 11 is 0. The number of nitrogens with zero attached hydrogens (tertiary/aromatic N) is 4. The fourth-order valence-electron chi connectivity index (χ4n) is 3.65. The van der Waals surface area contributed by atoms with Crippen LogP contribution in [0, 0.1) is 5.82 Å². The summed E-state index contributed by atoms with van der Waals surface area (Å²) in [6.45, 7) is 0.611. The van der Waals surface area contributed by atoms with E-state index in [1.807, 2.05) is 6.07 Å². The molecule has 1 aromatic carbocycles. The molecule has 0 spiro atoms. The number of hydrogen-bond donors (Lipinski definition) is 1. The number of carbonyl (C=O) groups is 1. The van der Waals surface area contributed by atoms with Crippen molar-refractivity contribution in [2.75, 3.05) is 11.9 Å². The van der Waals surface area contributed by atoms with Gasteiger partial charge in [0.2, 0.25) is 5.91 Å². The lowest BCUT2D eigenvalue weighted by Gasteiger charge is -2.12. The molecular weight excluding hydrogens is 407 g/mol. The van der Waals surface area contributed by atoms with Crippen molar-refractivity contribution < 1.29 is 18.0 Å². The van der Waals surface area contributed by atoms with Crippen LogP contribution >= 0.6 is 0 Å². The second-order valence-electron chi connectivity index (χ2n) is 7.36. The molecule has 3 heterocycles. The number of alkyl halides is 2. The summed E-state index contributed by atoms with van der Waals surface area (Å²) < 4.78 is 41.2. The minimum atomic E-state index is -2.38. The topological polar surface area (TPSA) is 63.1 Å². The SMILES string of the molecule is Cn1cc(-c2c(F)cncc2/C=C/C(=O)Nc2ccc3c(c2)CN(CC(F)F)C3)cn1. The average Bonchev–Trinajstić information content (AvgIpc) is 3.30. The molecule has 0 saturated carbocycles. The number of anilines is 1. The number of aromatic nitrogens is 3. The second kappa shape index (κ2) is 8.73. The Morgan fingerprint density at radius 1 is 1.23 bits per heavy atom. The van der Waals surface area contributed by atoms with Crippen LogP contribution in [0.4, 0.5) is 18.9 Å². The van der Waals surface area contributed by atoms with Gasteiger partial charge >= 0.3 is 0 Å². The van der Waals surface area contributed by atoms with Crippen LogP contribution < -0.4 is 5.32 Å². The zero-order valence-electron chi connectivity index (χ0n) is 16.7. The number of hydrogen-bond acceptors (Lipinski definition) is 4. The molecular formula is C22H20F3N5O. The van der Waals surface area contributed by atoms with Gasteiger partial charge in [0, 0.05) is 61.0 Å². The maximum Gasteiger partial charge on any atom is 0.251 e. The van der Waals surface area contributed by atoms with Crippen LogP contribution in [0.15, 0.2) is 49.1 Å². The van der Waals surface area contributed by atoms with Crippen LogP contribution in [0.25, 0.3) is 17.2 Å². The van der Waals surface area contributed by atoms with Gasteiger partial charge in [-0.15, -0.1) is 0 Å². The van der Waals surface area contributed by atoms with E-state index in [4.69, 9.17) is 0 Å². The first-order chi connectivity index (χ1) is 14.9. The molecule has 6 nitrogen and oxygen atoms in total. The molecule has 0 saturated heterocycles. The minimum Gasteiger partial charge on any atom is -0.323 e. The Labute approximate surface area is 177 Å². The smallest absolute Gasteiger partial charge is 0.251 e. The van der Waals surface area contributed by atoms with Crippen molar-refractivity contribution in [1.29, 1.82) is 0 Å². The summed E-state index contributed by atoms with van der Waals surface area (Å²) in [5.74, 6) is -0.911. The van der Waals surface area contributed by atoms with Crippen LogP contribution in [-0.4, -0.2) is 38.5 Å². The van der Waals surface area contributed by atoms with Gasteiger partial charge in [-0.25, -0.2) is 13.2 Å². The summed E-state index contributed by atoms with van der Waals surface area (Å²) in [7, 11) is 1.73. The normalized spacial score (nSPS) is 13.8. The van der Waals surface area contributed by atoms with Crippen LogP contribution in [-0.2, 0) is 24.9 Å². The molecule has 0 radical (unpaired) electrons. The van der Waals surface area contributed by atoms with E-state index in [1.165, 1.54) is 24.5 Å². The lowest BCUT2D eigenvalue weighted by molar-refractivity contribution is -0.111. The molecule has 31 heavy (non-hydrogen) atoms. The van der Waals surface area contributed by atoms with E-state index in [0.717, 1.165) is 17.3 Å². The number of pyridine rings is 1. The number of aryl methyl sites for hydroxylation is 1. The van der Waals surface area contributed by atoms with Gasteiger partial charge < -0.3 is 5.32 Å². The van der Waals surface area contributed by atoms with E-state index in [-0.39, 0.29) is 6.54 Å². The molecule has 0 aliphatic carbocycles. The molecule has 2 aromatic heterocycles. The summed E-state index contributed by atoms with van der Waals surface area (Å²) in [5, 5.41) is 6.81. The van der Waals surface area contributed by atoms with Gasteiger partial charge in [-0.3, -0.25) is 19.4 Å². The summed E-state index contributed by atoms with van der Waals surface area (Å²) in [6.07, 6.45) is 6.21. The molecule has 0 fully saturated rings. The number of rotatable bonds is 6. The van der Waals surface area contributed by atoms with Crippen molar-refractivity contribution in [1.82, 2.24) is 19.7 Å². The summed E-state index contributed by atoms with van der Waals surface area (Å²) in [4.78, 5) is 17.9. The van der Waals surface area contributed by atoms with Crippen molar-refractivity contribution in [3.05, 3.63) is 71.6 Å². The molecule has 0 atom stereocenters. The fourth-order valence-corrected chi connectivity index (χ4v) is 3.65. The van der Waals surface area contributed by atoms with E-state index in [0.29, 0.717) is 35.5 Å². The summed E-state index contributed by atoms with van der Waals surface area (Å²) in [5.41, 5.74) is 3.78. The number of benzene rings is 1. The van der Waals surface area contributed by atoms with Crippen molar-refractivity contribution in [2.24, 2.45) is 7.05 Å². The van der Waals surface area contributed by atoms with Gasteiger partial charge in [-0.05, 0) is 29.3 Å². The van der Waals surface area contributed by atoms with E-state index in [1.54, 1.807) is 35.0 Å². The lowest BCUT2D eigenvalue weighted by atomic mass is 10.0. The largest absolute Gasteiger partial charge is 0.323 e. The third-order valence-corrected chi connectivity index (χ3v) is 4.99. The third kappa shape index (κ3) is 4.83. The van der Waals surface area contributed by atoms with Gasteiger partial charge in [0.05, 0.1) is 18.9 Å². The highest BCUT2D eigenvalue weighted by atomic mass is 19.3. The van der Waals surface area contributed by atoms with Crippen LogP contribution in [0.1, 0.15) is 16.7 Å². The molecule has 1 aliphatic rings. The number of fused-ring (bicyclic) bond motifs is 1. The first-order valence-corrected chi connectivity index (χ1v) is 9.63. The predicted molar refractivity (Wildman–Crippen MR) is 111 cm³/mol. The molecule has 9 heteroatoms. The van der Waals surface area contributed by atoms with Crippen molar-refractivity contribution >= 4 is 17.7 Å². The zero-order valence-corrected chi connectivity index (χ0v) is 16.7. The highest BCUT2D eigenvalue weighted by molar-refractivity contribution is 6.02. The van der Waals surface area contributed by atoms with Crippen molar-refractivity contribution in [2.45, 2.75) is 19.5 Å². The van der Waals surface area contributed by atoms with Gasteiger partial charge in [0.25, 0.3) is 6.43 Å². The van der Waals surface area contributed by atoms with Crippen molar-refractivity contribution in [3.8, 4) is 11.1 Å². The first-order valence-electron chi connectivity index (χ1n) is 9.63. The monoisotopic (exact) mass is 427 g/mol. The quantitative estimate of drug-likeness (QED) is 0.607. The van der Waals surface area contributed by atoms with Crippen molar-refractivity contribution in [3.63, 3.8) is 0 Å². The highest BCUT2D eigenvalue weighted by Crippen LogP contribution is 2.28. The Morgan fingerprint density at radius 3 is 2.77 bits per heavy atom. The molecule has 0 bridgehead atoms. The van der Waals surface area contributed by atoms with Gasteiger partial charge in [-0.2, -0.15) is 5.10 Å². The Morgan fingerprint density at radius 2 is 2.03 bits per heavy atom. The van der Waals surface area contributed by atoms with Gasteiger partial charge in [0.1, 0.15) is 5.82 Å². The minimum absolute atomic E-state index is 0.278. The van der Waals surface area contributed by atoms with Crippen LogP contribution in [0.2, 0.25) is 0 Å². The number of carbonyl (C=O) groups excluding carboxylic acids is 1. The molecule has 4 rings (SSSR count). The molecule has 0 unspecified atom stereocenters. The van der Waals surface area contributed by atoms with Gasteiger partial charge in [-0.1, -0.05) is 6.07 Å².